The van der Waals surface area contributed by atoms with Gasteiger partial charge in [-0.25, -0.2) is 0 Å². The molecule has 0 unspecified atom stereocenters. The van der Waals surface area contributed by atoms with Crippen molar-refractivity contribution in [1.29, 1.82) is 0 Å². The van der Waals surface area contributed by atoms with E-state index in [0.29, 0.717) is 6.10 Å². The van der Waals surface area contributed by atoms with Gasteiger partial charge in [0.2, 0.25) is 0 Å². The zero-order valence-electron chi connectivity index (χ0n) is 9.70. The van der Waals surface area contributed by atoms with Gasteiger partial charge in [0.25, 0.3) is 0 Å². The van der Waals surface area contributed by atoms with E-state index >= 15 is 0 Å². The van der Waals surface area contributed by atoms with Gasteiger partial charge in [-0.1, -0.05) is 25.0 Å². The van der Waals surface area contributed by atoms with Gasteiger partial charge < -0.3 is 9.84 Å². The molecule has 1 aliphatic heterocycles. The van der Waals surface area contributed by atoms with E-state index in [4.69, 9.17) is 16.3 Å². The molecule has 1 heterocycles. The molecule has 3 heteroatoms. The molecule has 0 radical (unpaired) electrons. The Balaban J connectivity index is 1.73. The zero-order chi connectivity index (χ0) is 11.4. The van der Waals surface area contributed by atoms with E-state index in [0.717, 1.165) is 38.0 Å². The van der Waals surface area contributed by atoms with Gasteiger partial charge in [-0.15, -0.1) is 11.6 Å². The lowest BCUT2D eigenvalue weighted by Gasteiger charge is -2.20. The normalized spacial score (nSPS) is 35.0. The lowest BCUT2D eigenvalue weighted by molar-refractivity contribution is 0.104. The molecule has 0 spiro atoms. The third kappa shape index (κ3) is 2.61. The first-order valence-corrected chi connectivity index (χ1v) is 6.91. The molecule has 2 fully saturated rings. The predicted molar refractivity (Wildman–Crippen MR) is 65.8 cm³/mol. The highest BCUT2D eigenvalue weighted by Gasteiger charge is 2.60. The van der Waals surface area contributed by atoms with Gasteiger partial charge in [0.1, 0.15) is 11.7 Å². The van der Waals surface area contributed by atoms with Gasteiger partial charge in [-0.2, -0.15) is 0 Å². The minimum atomic E-state index is -0.409. The lowest BCUT2D eigenvalue weighted by Crippen LogP contribution is -2.32. The third-order valence-electron chi connectivity index (χ3n) is 3.71. The fourth-order valence-corrected chi connectivity index (χ4v) is 2.83. The van der Waals surface area contributed by atoms with Crippen LogP contribution in [0, 0.1) is 0 Å². The Bertz CT molecular complexity index is 254. The third-order valence-corrected chi connectivity index (χ3v) is 3.97. The molecule has 0 aromatic rings. The molecule has 1 saturated heterocycles. The summed E-state index contributed by atoms with van der Waals surface area (Å²) in [6, 6.07) is 0. The van der Waals surface area contributed by atoms with E-state index in [2.05, 4.69) is 6.08 Å². The Morgan fingerprint density at radius 2 is 2.31 bits per heavy atom. The van der Waals surface area contributed by atoms with Crippen molar-refractivity contribution in [2.75, 3.05) is 5.88 Å². The smallest absolute Gasteiger partial charge is 0.124 e. The SMILES string of the molecule is O[C@@H](/C=C/CCCCCl)[C@@]12CCCC[C@@H]1O2. The second kappa shape index (κ2) is 5.52. The van der Waals surface area contributed by atoms with Crippen LogP contribution in [0.4, 0.5) is 0 Å². The number of ether oxygens (including phenoxy) is 1. The maximum Gasteiger partial charge on any atom is 0.124 e. The summed E-state index contributed by atoms with van der Waals surface area (Å²) in [5.41, 5.74) is -0.207. The van der Waals surface area contributed by atoms with Crippen LogP contribution >= 0.6 is 11.6 Å². The van der Waals surface area contributed by atoms with Gasteiger partial charge >= 0.3 is 0 Å². The first-order valence-electron chi connectivity index (χ1n) is 6.38. The van der Waals surface area contributed by atoms with Crippen molar-refractivity contribution in [1.82, 2.24) is 0 Å². The largest absolute Gasteiger partial charge is 0.386 e. The Morgan fingerprint density at radius 3 is 3.06 bits per heavy atom. The molecule has 1 aliphatic carbocycles. The summed E-state index contributed by atoms with van der Waals surface area (Å²) in [6.07, 6.45) is 11.6. The van der Waals surface area contributed by atoms with E-state index in [1.807, 2.05) is 6.08 Å². The second-order valence-electron chi connectivity index (χ2n) is 4.86. The van der Waals surface area contributed by atoms with E-state index in [9.17, 15) is 5.11 Å². The average Bonchev–Trinajstić information content (AvgIpc) is 3.04. The summed E-state index contributed by atoms with van der Waals surface area (Å²) in [5.74, 6) is 0.728. The molecule has 2 nitrogen and oxygen atoms in total. The standard InChI is InChI=1S/C13H21ClO2/c14-10-6-2-1-3-7-11(15)13-9-5-4-8-12(13)16-13/h3,7,11-12,15H,1-2,4-6,8-10H2/b7-3+/t11-,12-,13-/m0/s1. The number of hydrogen-bond donors (Lipinski definition) is 1. The number of alkyl halides is 1. The van der Waals surface area contributed by atoms with Crippen LogP contribution in [0.1, 0.15) is 44.9 Å². The van der Waals surface area contributed by atoms with Gasteiger partial charge in [0, 0.05) is 5.88 Å². The highest BCUT2D eigenvalue weighted by atomic mass is 35.5. The first-order chi connectivity index (χ1) is 7.79. The Labute approximate surface area is 103 Å². The molecule has 0 amide bonds. The minimum Gasteiger partial charge on any atom is -0.386 e. The molecular weight excluding hydrogens is 224 g/mol. The van der Waals surface area contributed by atoms with Crippen molar-refractivity contribution in [3.05, 3.63) is 12.2 Å². The summed E-state index contributed by atoms with van der Waals surface area (Å²) < 4.78 is 5.68. The van der Waals surface area contributed by atoms with E-state index in [1.54, 1.807) is 0 Å². The molecule has 0 aromatic heterocycles. The topological polar surface area (TPSA) is 32.8 Å². The van der Waals surface area contributed by atoms with Crippen molar-refractivity contribution in [3.8, 4) is 0 Å². The maximum atomic E-state index is 10.1. The number of halogens is 1. The van der Waals surface area contributed by atoms with Gasteiger partial charge in [0.15, 0.2) is 0 Å². The molecule has 16 heavy (non-hydrogen) atoms. The van der Waals surface area contributed by atoms with Crippen LogP contribution in [-0.4, -0.2) is 28.8 Å². The fourth-order valence-electron chi connectivity index (χ4n) is 2.64. The fraction of sp³-hybridized carbons (Fsp3) is 0.846. The van der Waals surface area contributed by atoms with Crippen LogP contribution < -0.4 is 0 Å². The lowest BCUT2D eigenvalue weighted by atomic mass is 9.85. The number of fused-ring (bicyclic) bond motifs is 1. The number of aliphatic hydroxyl groups is 1. The van der Waals surface area contributed by atoms with Crippen molar-refractivity contribution in [3.63, 3.8) is 0 Å². The van der Waals surface area contributed by atoms with Gasteiger partial charge in [0.05, 0.1) is 6.10 Å². The highest BCUT2D eigenvalue weighted by Crippen LogP contribution is 2.50. The number of aliphatic hydroxyl groups excluding tert-OH is 1. The molecular formula is C13H21ClO2. The first kappa shape index (κ1) is 12.4. The van der Waals surface area contributed by atoms with Gasteiger partial charge in [-0.05, 0) is 32.1 Å². The van der Waals surface area contributed by atoms with Crippen molar-refractivity contribution >= 4 is 11.6 Å². The summed E-state index contributed by atoms with van der Waals surface area (Å²) in [7, 11) is 0. The van der Waals surface area contributed by atoms with Crippen molar-refractivity contribution < 1.29 is 9.84 Å². The monoisotopic (exact) mass is 244 g/mol. The minimum absolute atomic E-state index is 0.207. The highest BCUT2D eigenvalue weighted by molar-refractivity contribution is 6.17. The van der Waals surface area contributed by atoms with Crippen LogP contribution in [0.2, 0.25) is 0 Å². The summed E-state index contributed by atoms with van der Waals surface area (Å²) in [5, 5.41) is 10.1. The average molecular weight is 245 g/mol. The number of epoxide rings is 1. The summed E-state index contributed by atoms with van der Waals surface area (Å²) >= 11 is 5.60. The second-order valence-corrected chi connectivity index (χ2v) is 5.24. The molecule has 92 valence electrons. The zero-order valence-corrected chi connectivity index (χ0v) is 10.5. The van der Waals surface area contributed by atoms with Crippen LogP contribution in [0.25, 0.3) is 0 Å². The number of rotatable bonds is 6. The molecule has 2 rings (SSSR count). The molecule has 2 aliphatic rings. The van der Waals surface area contributed by atoms with Crippen LogP contribution in [0.15, 0.2) is 12.2 Å². The molecule has 3 atom stereocenters. The molecule has 1 saturated carbocycles. The Hall–Kier alpha value is -0.0500. The van der Waals surface area contributed by atoms with Crippen LogP contribution in [0.3, 0.4) is 0 Å². The van der Waals surface area contributed by atoms with E-state index < -0.39 is 6.10 Å². The van der Waals surface area contributed by atoms with Crippen LogP contribution in [-0.2, 0) is 4.74 Å². The quantitative estimate of drug-likeness (QED) is 0.337. The number of unbranched alkanes of at least 4 members (excludes halogenated alkanes) is 2. The van der Waals surface area contributed by atoms with Crippen molar-refractivity contribution in [2.24, 2.45) is 0 Å². The number of hydrogen-bond acceptors (Lipinski definition) is 2. The van der Waals surface area contributed by atoms with Crippen molar-refractivity contribution in [2.45, 2.75) is 62.8 Å². The van der Waals surface area contributed by atoms with E-state index in [1.165, 1.54) is 12.8 Å². The van der Waals surface area contributed by atoms with E-state index in [-0.39, 0.29) is 5.60 Å². The van der Waals surface area contributed by atoms with Crippen LogP contribution in [0.5, 0.6) is 0 Å². The molecule has 0 aromatic carbocycles. The van der Waals surface area contributed by atoms with Gasteiger partial charge in [-0.3, -0.25) is 0 Å². The molecule has 0 bridgehead atoms. The Morgan fingerprint density at radius 1 is 1.44 bits per heavy atom. The predicted octanol–water partition coefficient (Wildman–Crippen LogP) is 3.02. The summed E-state index contributed by atoms with van der Waals surface area (Å²) in [6.45, 7) is 0. The maximum absolute atomic E-state index is 10.1. The summed E-state index contributed by atoms with van der Waals surface area (Å²) in [4.78, 5) is 0. The number of allylic oxidation sites excluding steroid dienone is 1. The Kier molecular flexibility index (Phi) is 4.28. The molecule has 1 N–H and O–H groups in total.